The summed E-state index contributed by atoms with van der Waals surface area (Å²) in [6.07, 6.45) is 0. The first-order valence-corrected chi connectivity index (χ1v) is 6.87. The zero-order chi connectivity index (χ0) is 12.6. The average Bonchev–Trinajstić information content (AvgIpc) is 2.57. The fourth-order valence-corrected chi connectivity index (χ4v) is 3.52. The molecule has 1 nitrogen and oxygen atoms in total. The van der Waals surface area contributed by atoms with Crippen molar-refractivity contribution in [3.8, 4) is 0 Å². The molecule has 2 N–H and O–H groups in total. The Balaban J connectivity index is 2.43. The zero-order valence-corrected chi connectivity index (χ0v) is 12.0. The SMILES string of the molecule is Cc1cc(C)c(C(N)c2ccc(F)cc2Br)s1. The smallest absolute Gasteiger partial charge is 0.124 e. The van der Waals surface area contributed by atoms with E-state index in [1.165, 1.54) is 22.6 Å². The lowest BCUT2D eigenvalue weighted by Gasteiger charge is -2.13. The number of aryl methyl sites for hydroxylation is 2. The van der Waals surface area contributed by atoms with Crippen LogP contribution in [0.15, 0.2) is 28.7 Å². The highest BCUT2D eigenvalue weighted by Gasteiger charge is 2.16. The molecule has 1 aromatic heterocycles. The number of nitrogens with two attached hydrogens (primary N) is 1. The van der Waals surface area contributed by atoms with Crippen molar-refractivity contribution in [2.24, 2.45) is 5.73 Å². The first-order valence-electron chi connectivity index (χ1n) is 5.26. The van der Waals surface area contributed by atoms with Gasteiger partial charge in [0, 0.05) is 14.2 Å². The van der Waals surface area contributed by atoms with Gasteiger partial charge < -0.3 is 5.73 Å². The number of thiophene rings is 1. The summed E-state index contributed by atoms with van der Waals surface area (Å²) < 4.78 is 13.7. The molecule has 17 heavy (non-hydrogen) atoms. The Morgan fingerprint density at radius 1 is 1.29 bits per heavy atom. The minimum Gasteiger partial charge on any atom is -0.320 e. The fraction of sp³-hybridized carbons (Fsp3) is 0.231. The Hall–Kier alpha value is -0.710. The van der Waals surface area contributed by atoms with E-state index in [9.17, 15) is 4.39 Å². The van der Waals surface area contributed by atoms with Crippen molar-refractivity contribution in [2.45, 2.75) is 19.9 Å². The molecule has 0 bridgehead atoms. The second-order valence-corrected chi connectivity index (χ2v) is 6.19. The van der Waals surface area contributed by atoms with Gasteiger partial charge in [-0.1, -0.05) is 22.0 Å². The summed E-state index contributed by atoms with van der Waals surface area (Å²) in [6, 6.07) is 6.54. The molecule has 0 radical (unpaired) electrons. The molecule has 1 atom stereocenters. The van der Waals surface area contributed by atoms with Gasteiger partial charge in [-0.2, -0.15) is 0 Å². The molecule has 0 spiro atoms. The van der Waals surface area contributed by atoms with Crippen LogP contribution in [-0.4, -0.2) is 0 Å². The highest BCUT2D eigenvalue weighted by atomic mass is 79.9. The van der Waals surface area contributed by atoms with Crippen LogP contribution in [0.1, 0.15) is 26.9 Å². The van der Waals surface area contributed by atoms with Crippen molar-refractivity contribution in [1.29, 1.82) is 0 Å². The molecule has 0 saturated heterocycles. The predicted molar refractivity (Wildman–Crippen MR) is 73.9 cm³/mol. The van der Waals surface area contributed by atoms with E-state index in [4.69, 9.17) is 5.73 Å². The molecule has 1 heterocycles. The van der Waals surface area contributed by atoms with Crippen LogP contribution >= 0.6 is 27.3 Å². The highest BCUT2D eigenvalue weighted by molar-refractivity contribution is 9.10. The van der Waals surface area contributed by atoms with E-state index in [1.807, 2.05) is 0 Å². The molecule has 1 aromatic carbocycles. The number of benzene rings is 1. The lowest BCUT2D eigenvalue weighted by atomic mass is 10.0. The Morgan fingerprint density at radius 2 is 2.00 bits per heavy atom. The number of hydrogen-bond acceptors (Lipinski definition) is 2. The Labute approximate surface area is 113 Å². The maximum atomic E-state index is 13.0. The average molecular weight is 314 g/mol. The normalized spacial score (nSPS) is 12.8. The summed E-state index contributed by atoms with van der Waals surface area (Å²) in [5.74, 6) is -0.257. The minimum atomic E-state index is -0.257. The van der Waals surface area contributed by atoms with E-state index in [0.717, 1.165) is 14.9 Å². The predicted octanol–water partition coefficient (Wildman–Crippen LogP) is 4.31. The summed E-state index contributed by atoms with van der Waals surface area (Å²) in [4.78, 5) is 2.38. The van der Waals surface area contributed by atoms with Crippen molar-refractivity contribution >= 4 is 27.3 Å². The van der Waals surface area contributed by atoms with Gasteiger partial charge in [0.05, 0.1) is 6.04 Å². The Bertz CT molecular complexity index is 550. The molecule has 0 aliphatic rings. The van der Waals surface area contributed by atoms with E-state index >= 15 is 0 Å². The van der Waals surface area contributed by atoms with Gasteiger partial charge in [0.1, 0.15) is 5.82 Å². The summed E-state index contributed by atoms with van der Waals surface area (Å²) in [6.45, 7) is 4.11. The summed E-state index contributed by atoms with van der Waals surface area (Å²) >= 11 is 5.05. The van der Waals surface area contributed by atoms with E-state index < -0.39 is 0 Å². The third-order valence-electron chi connectivity index (χ3n) is 2.66. The topological polar surface area (TPSA) is 26.0 Å². The van der Waals surface area contributed by atoms with Gasteiger partial charge in [-0.3, -0.25) is 0 Å². The third kappa shape index (κ3) is 2.59. The molecule has 0 saturated carbocycles. The largest absolute Gasteiger partial charge is 0.320 e. The standard InChI is InChI=1S/C13H13BrFNS/c1-7-5-8(2)17-13(7)12(16)10-4-3-9(15)6-11(10)14/h3-6,12H,16H2,1-2H3. The van der Waals surface area contributed by atoms with Crippen molar-refractivity contribution in [1.82, 2.24) is 0 Å². The van der Waals surface area contributed by atoms with E-state index in [0.29, 0.717) is 0 Å². The minimum absolute atomic E-state index is 0.205. The monoisotopic (exact) mass is 313 g/mol. The van der Waals surface area contributed by atoms with Crippen LogP contribution in [0.2, 0.25) is 0 Å². The lowest BCUT2D eigenvalue weighted by molar-refractivity contribution is 0.625. The molecule has 2 aromatic rings. The third-order valence-corrected chi connectivity index (χ3v) is 4.58. The Morgan fingerprint density at radius 3 is 2.53 bits per heavy atom. The zero-order valence-electron chi connectivity index (χ0n) is 9.63. The first-order chi connectivity index (χ1) is 7.99. The summed E-state index contributed by atoms with van der Waals surface area (Å²) in [7, 11) is 0. The van der Waals surface area contributed by atoms with E-state index in [1.54, 1.807) is 17.4 Å². The van der Waals surface area contributed by atoms with Gasteiger partial charge in [0.2, 0.25) is 0 Å². The lowest BCUT2D eigenvalue weighted by Crippen LogP contribution is -2.12. The van der Waals surface area contributed by atoms with Crippen LogP contribution in [-0.2, 0) is 0 Å². The van der Waals surface area contributed by atoms with Crippen LogP contribution in [0.4, 0.5) is 4.39 Å². The van der Waals surface area contributed by atoms with Gasteiger partial charge in [-0.15, -0.1) is 11.3 Å². The molecule has 90 valence electrons. The molecular formula is C13H13BrFNS. The van der Waals surface area contributed by atoms with Crippen molar-refractivity contribution in [3.05, 3.63) is 55.4 Å². The Kier molecular flexibility index (Phi) is 3.66. The maximum absolute atomic E-state index is 13.0. The molecule has 0 aliphatic heterocycles. The van der Waals surface area contributed by atoms with Crippen LogP contribution in [0.5, 0.6) is 0 Å². The van der Waals surface area contributed by atoms with Crippen LogP contribution in [0.25, 0.3) is 0 Å². The molecule has 2 rings (SSSR count). The van der Waals surface area contributed by atoms with Gasteiger partial charge >= 0.3 is 0 Å². The van der Waals surface area contributed by atoms with Crippen LogP contribution in [0.3, 0.4) is 0 Å². The molecule has 0 amide bonds. The van der Waals surface area contributed by atoms with Crippen LogP contribution in [0, 0.1) is 19.7 Å². The summed E-state index contributed by atoms with van der Waals surface area (Å²) in [5, 5.41) is 0. The molecule has 4 heteroatoms. The van der Waals surface area contributed by atoms with Gasteiger partial charge in [-0.25, -0.2) is 4.39 Å². The fourth-order valence-electron chi connectivity index (χ4n) is 1.86. The van der Waals surface area contributed by atoms with Crippen molar-refractivity contribution in [3.63, 3.8) is 0 Å². The first kappa shape index (κ1) is 12.7. The highest BCUT2D eigenvalue weighted by Crippen LogP contribution is 2.33. The second kappa shape index (κ2) is 4.88. The van der Waals surface area contributed by atoms with Crippen molar-refractivity contribution < 1.29 is 4.39 Å². The van der Waals surface area contributed by atoms with Gasteiger partial charge in [-0.05, 0) is 43.2 Å². The second-order valence-electron chi connectivity index (χ2n) is 4.05. The van der Waals surface area contributed by atoms with Gasteiger partial charge in [0.15, 0.2) is 0 Å². The number of halogens is 2. The van der Waals surface area contributed by atoms with Crippen LogP contribution < -0.4 is 5.73 Å². The van der Waals surface area contributed by atoms with Crippen molar-refractivity contribution in [2.75, 3.05) is 0 Å². The quantitative estimate of drug-likeness (QED) is 0.878. The van der Waals surface area contributed by atoms with Gasteiger partial charge in [0.25, 0.3) is 0 Å². The molecule has 0 aliphatic carbocycles. The molecular weight excluding hydrogens is 301 g/mol. The number of rotatable bonds is 2. The summed E-state index contributed by atoms with van der Waals surface area (Å²) in [5.41, 5.74) is 8.34. The van der Waals surface area contributed by atoms with E-state index in [2.05, 4.69) is 35.8 Å². The molecule has 1 unspecified atom stereocenters. The number of hydrogen-bond donors (Lipinski definition) is 1. The maximum Gasteiger partial charge on any atom is 0.124 e. The molecule has 0 fully saturated rings. The van der Waals surface area contributed by atoms with E-state index in [-0.39, 0.29) is 11.9 Å².